The first kappa shape index (κ1) is 20.1. The number of urea groups is 1. The van der Waals surface area contributed by atoms with Crippen LogP contribution < -0.4 is 15.4 Å². The number of hydrogen-bond acceptors (Lipinski definition) is 5. The number of nitrogens with one attached hydrogen (secondary N) is 2. The molecule has 0 spiro atoms. The van der Waals surface area contributed by atoms with E-state index in [1.165, 1.54) is 19.1 Å². The van der Waals surface area contributed by atoms with E-state index in [0.717, 1.165) is 0 Å². The van der Waals surface area contributed by atoms with Crippen molar-refractivity contribution in [1.29, 1.82) is 0 Å². The smallest absolute Gasteiger partial charge is 0.347 e. The molecule has 0 fully saturated rings. The molecule has 9 heteroatoms. The van der Waals surface area contributed by atoms with E-state index < -0.39 is 30.6 Å². The molecule has 0 aliphatic carbocycles. The molecule has 0 saturated heterocycles. The van der Waals surface area contributed by atoms with Crippen molar-refractivity contribution >= 4 is 41.1 Å². The second kappa shape index (κ2) is 9.34. The fourth-order valence-corrected chi connectivity index (χ4v) is 1.98. The van der Waals surface area contributed by atoms with Crippen molar-refractivity contribution in [2.75, 3.05) is 6.61 Å². The monoisotopic (exact) mass is 376 g/mol. The van der Waals surface area contributed by atoms with Crippen LogP contribution in [0.15, 0.2) is 18.2 Å². The fraction of sp³-hybridized carbons (Fsp3) is 0.400. The minimum absolute atomic E-state index is 0.127. The Balaban J connectivity index is 2.44. The number of ether oxygens (including phenoxy) is 2. The molecule has 1 aromatic carbocycles. The summed E-state index contributed by atoms with van der Waals surface area (Å²) in [7, 11) is 0. The second-order valence-electron chi connectivity index (χ2n) is 5.12. The zero-order chi connectivity index (χ0) is 18.3. The summed E-state index contributed by atoms with van der Waals surface area (Å²) < 4.78 is 10.1. The van der Waals surface area contributed by atoms with E-state index in [2.05, 4.69) is 5.32 Å². The SMILES string of the molecule is CC(C)NC(=O)NC(=O)COC(=O)[C@@H](C)Oc1ccc(Cl)cc1Cl. The molecule has 132 valence electrons. The summed E-state index contributed by atoms with van der Waals surface area (Å²) >= 11 is 11.7. The van der Waals surface area contributed by atoms with Crippen LogP contribution in [0.1, 0.15) is 20.8 Å². The summed E-state index contributed by atoms with van der Waals surface area (Å²) in [6.07, 6.45) is -0.999. The molecular formula is C15H18Cl2N2O5. The number of hydrogen-bond donors (Lipinski definition) is 2. The molecule has 0 heterocycles. The molecule has 1 atom stereocenters. The molecule has 2 N–H and O–H groups in total. The third-order valence-corrected chi connectivity index (χ3v) is 3.08. The van der Waals surface area contributed by atoms with E-state index in [9.17, 15) is 14.4 Å². The summed E-state index contributed by atoms with van der Waals surface area (Å²) in [5.74, 6) is -1.27. The minimum atomic E-state index is -0.999. The molecule has 0 radical (unpaired) electrons. The quantitative estimate of drug-likeness (QED) is 0.744. The van der Waals surface area contributed by atoms with Gasteiger partial charge in [-0.15, -0.1) is 0 Å². The lowest BCUT2D eigenvalue weighted by Crippen LogP contribution is -2.44. The van der Waals surface area contributed by atoms with Gasteiger partial charge in [-0.3, -0.25) is 10.1 Å². The van der Waals surface area contributed by atoms with Gasteiger partial charge in [-0.25, -0.2) is 9.59 Å². The largest absolute Gasteiger partial charge is 0.477 e. The third-order valence-electron chi connectivity index (χ3n) is 2.55. The fourth-order valence-electron chi connectivity index (χ4n) is 1.52. The molecule has 7 nitrogen and oxygen atoms in total. The van der Waals surface area contributed by atoms with Gasteiger partial charge in [0, 0.05) is 11.1 Å². The molecule has 24 heavy (non-hydrogen) atoms. The van der Waals surface area contributed by atoms with Gasteiger partial charge in [-0.1, -0.05) is 23.2 Å². The number of halogens is 2. The van der Waals surface area contributed by atoms with Gasteiger partial charge < -0.3 is 14.8 Å². The van der Waals surface area contributed by atoms with Crippen molar-refractivity contribution in [1.82, 2.24) is 10.6 Å². The van der Waals surface area contributed by atoms with Gasteiger partial charge in [-0.05, 0) is 39.0 Å². The summed E-state index contributed by atoms with van der Waals surface area (Å²) in [5, 5.41) is 5.16. The topological polar surface area (TPSA) is 93.7 Å². The number of carbonyl (C=O) groups is 3. The summed E-state index contributed by atoms with van der Waals surface area (Å²) in [6, 6.07) is 3.75. The van der Waals surface area contributed by atoms with Crippen molar-refractivity contribution in [3.63, 3.8) is 0 Å². The molecular weight excluding hydrogens is 359 g/mol. The molecule has 0 aromatic heterocycles. The van der Waals surface area contributed by atoms with Gasteiger partial charge in [0.25, 0.3) is 5.91 Å². The lowest BCUT2D eigenvalue weighted by atomic mass is 10.3. The van der Waals surface area contributed by atoms with Gasteiger partial charge in [0.2, 0.25) is 0 Å². The van der Waals surface area contributed by atoms with Crippen LogP contribution in [0.2, 0.25) is 10.0 Å². The first-order valence-electron chi connectivity index (χ1n) is 7.07. The van der Waals surface area contributed by atoms with Crippen LogP contribution in [-0.2, 0) is 14.3 Å². The van der Waals surface area contributed by atoms with E-state index in [4.69, 9.17) is 32.7 Å². The van der Waals surface area contributed by atoms with Crippen LogP contribution in [0.25, 0.3) is 0 Å². The lowest BCUT2D eigenvalue weighted by Gasteiger charge is -2.15. The first-order chi connectivity index (χ1) is 11.2. The molecule has 0 unspecified atom stereocenters. The van der Waals surface area contributed by atoms with Crippen molar-refractivity contribution in [3.8, 4) is 5.75 Å². The van der Waals surface area contributed by atoms with Crippen molar-refractivity contribution in [2.24, 2.45) is 0 Å². The Morgan fingerprint density at radius 1 is 1.17 bits per heavy atom. The van der Waals surface area contributed by atoms with Gasteiger partial charge in [-0.2, -0.15) is 0 Å². The molecule has 0 bridgehead atoms. The van der Waals surface area contributed by atoms with Crippen LogP contribution in [0, 0.1) is 0 Å². The Morgan fingerprint density at radius 2 is 1.83 bits per heavy atom. The van der Waals surface area contributed by atoms with Gasteiger partial charge in [0.1, 0.15) is 5.75 Å². The Kier molecular flexibility index (Phi) is 7.81. The molecule has 0 aliphatic heterocycles. The molecule has 3 amide bonds. The van der Waals surface area contributed by atoms with Crippen LogP contribution in [0.4, 0.5) is 4.79 Å². The zero-order valence-electron chi connectivity index (χ0n) is 13.4. The Labute approximate surface area is 149 Å². The summed E-state index contributed by atoms with van der Waals surface area (Å²) in [4.78, 5) is 34.6. The van der Waals surface area contributed by atoms with Crippen LogP contribution in [0.5, 0.6) is 5.75 Å². The Hall–Kier alpha value is -1.99. The molecule has 0 saturated carbocycles. The normalized spacial score (nSPS) is 11.6. The maximum absolute atomic E-state index is 11.8. The van der Waals surface area contributed by atoms with Crippen molar-refractivity contribution in [3.05, 3.63) is 28.2 Å². The number of amides is 3. The predicted molar refractivity (Wildman–Crippen MR) is 89.3 cm³/mol. The van der Waals surface area contributed by atoms with E-state index >= 15 is 0 Å². The van der Waals surface area contributed by atoms with E-state index in [1.807, 2.05) is 5.32 Å². The van der Waals surface area contributed by atoms with E-state index in [-0.39, 0.29) is 16.8 Å². The average molecular weight is 377 g/mol. The summed E-state index contributed by atoms with van der Waals surface area (Å²) in [6.45, 7) is 4.32. The van der Waals surface area contributed by atoms with Gasteiger partial charge in [0.15, 0.2) is 12.7 Å². The number of carbonyl (C=O) groups excluding carboxylic acids is 3. The highest BCUT2D eigenvalue weighted by atomic mass is 35.5. The highest BCUT2D eigenvalue weighted by Crippen LogP contribution is 2.28. The van der Waals surface area contributed by atoms with Crippen LogP contribution in [-0.4, -0.2) is 36.7 Å². The number of imide groups is 1. The number of rotatable bonds is 6. The van der Waals surface area contributed by atoms with E-state index in [0.29, 0.717) is 5.02 Å². The highest BCUT2D eigenvalue weighted by Gasteiger charge is 2.19. The highest BCUT2D eigenvalue weighted by molar-refractivity contribution is 6.35. The Bertz CT molecular complexity index is 622. The van der Waals surface area contributed by atoms with Crippen molar-refractivity contribution < 1.29 is 23.9 Å². The number of benzene rings is 1. The third kappa shape index (κ3) is 7.06. The second-order valence-corrected chi connectivity index (χ2v) is 5.96. The lowest BCUT2D eigenvalue weighted by molar-refractivity contribution is -0.154. The van der Waals surface area contributed by atoms with Gasteiger partial charge >= 0.3 is 12.0 Å². The molecule has 1 aromatic rings. The maximum Gasteiger partial charge on any atom is 0.347 e. The Morgan fingerprint density at radius 3 is 2.42 bits per heavy atom. The number of esters is 1. The van der Waals surface area contributed by atoms with Crippen molar-refractivity contribution in [2.45, 2.75) is 32.9 Å². The molecule has 1 rings (SSSR count). The van der Waals surface area contributed by atoms with Crippen LogP contribution >= 0.6 is 23.2 Å². The summed E-state index contributed by atoms with van der Waals surface area (Å²) in [5.41, 5.74) is 0. The first-order valence-corrected chi connectivity index (χ1v) is 7.83. The van der Waals surface area contributed by atoms with E-state index in [1.54, 1.807) is 19.9 Å². The zero-order valence-corrected chi connectivity index (χ0v) is 14.9. The average Bonchev–Trinajstić information content (AvgIpc) is 2.46. The standard InChI is InChI=1S/C15H18Cl2N2O5/c1-8(2)18-15(22)19-13(20)7-23-14(21)9(3)24-12-5-4-10(16)6-11(12)17/h4-6,8-9H,7H2,1-3H3,(H2,18,19,20,22)/t9-/m1/s1. The maximum atomic E-state index is 11.8. The predicted octanol–water partition coefficient (Wildman–Crippen LogP) is 2.54. The minimum Gasteiger partial charge on any atom is -0.477 e. The van der Waals surface area contributed by atoms with Crippen LogP contribution in [0.3, 0.4) is 0 Å². The molecule has 0 aliphatic rings. The van der Waals surface area contributed by atoms with Gasteiger partial charge in [0.05, 0.1) is 5.02 Å².